The third-order valence-corrected chi connectivity index (χ3v) is 3.96. The van der Waals surface area contributed by atoms with E-state index in [2.05, 4.69) is 0 Å². The summed E-state index contributed by atoms with van der Waals surface area (Å²) in [5.41, 5.74) is -3.97. The molecule has 2 rings (SSSR count). The second-order valence-electron chi connectivity index (χ2n) is 4.46. The summed E-state index contributed by atoms with van der Waals surface area (Å²) < 4.78 is 0. The molecule has 0 bridgehead atoms. The van der Waals surface area contributed by atoms with Crippen LogP contribution in [0.2, 0.25) is 5.02 Å². The van der Waals surface area contributed by atoms with Crippen LogP contribution >= 0.6 is 11.6 Å². The van der Waals surface area contributed by atoms with Gasteiger partial charge in [-0.1, -0.05) is 11.6 Å². The van der Waals surface area contributed by atoms with Crippen molar-refractivity contribution in [1.29, 1.82) is 21.0 Å². The summed E-state index contributed by atoms with van der Waals surface area (Å²) in [6.45, 7) is 0. The fraction of sp³-hybridized carbons (Fsp3) is 0.231. The molecule has 21 heavy (non-hydrogen) atoms. The first-order chi connectivity index (χ1) is 9.94. The van der Waals surface area contributed by atoms with Gasteiger partial charge in [-0.15, -0.1) is 0 Å². The van der Waals surface area contributed by atoms with E-state index in [1.165, 1.54) is 6.07 Å². The maximum absolute atomic E-state index is 10.8. The minimum absolute atomic E-state index is 0.0628. The number of benzene rings is 1. The van der Waals surface area contributed by atoms with Crippen LogP contribution in [0.4, 0.5) is 5.69 Å². The first-order valence-corrected chi connectivity index (χ1v) is 5.90. The Balaban J connectivity index is 2.70. The van der Waals surface area contributed by atoms with E-state index in [-0.39, 0.29) is 16.3 Å². The lowest BCUT2D eigenvalue weighted by atomic mass is 9.98. The minimum Gasteiger partial charge on any atom is -0.258 e. The van der Waals surface area contributed by atoms with Crippen molar-refractivity contribution in [3.8, 4) is 24.3 Å². The summed E-state index contributed by atoms with van der Waals surface area (Å²) in [4.78, 5) is 10.1. The molecule has 0 amide bonds. The van der Waals surface area contributed by atoms with Crippen LogP contribution in [0.5, 0.6) is 0 Å². The molecule has 0 aliphatic heterocycles. The molecule has 100 valence electrons. The molecule has 1 aliphatic carbocycles. The van der Waals surface area contributed by atoms with Gasteiger partial charge in [-0.2, -0.15) is 21.0 Å². The Morgan fingerprint density at radius 1 is 1.10 bits per heavy atom. The Hall–Kier alpha value is -3.13. The second kappa shape index (κ2) is 4.46. The Morgan fingerprint density at radius 3 is 1.95 bits per heavy atom. The smallest absolute Gasteiger partial charge is 0.258 e. The maximum atomic E-state index is 10.8. The standard InChI is InChI=1S/C13H4ClN5O2/c14-10-2-1-8(19(20)21)3-9(10)11-12(4-15,5-16)13(11,6-17)7-18/h1-3,11H. The predicted octanol–water partition coefficient (Wildman–Crippen LogP) is 2.41. The third kappa shape index (κ3) is 1.56. The van der Waals surface area contributed by atoms with Crippen LogP contribution < -0.4 is 0 Å². The van der Waals surface area contributed by atoms with Crippen LogP contribution in [0.15, 0.2) is 18.2 Å². The molecular formula is C13H4ClN5O2. The van der Waals surface area contributed by atoms with E-state index in [0.717, 1.165) is 12.1 Å². The van der Waals surface area contributed by atoms with Gasteiger partial charge < -0.3 is 0 Å². The Kier molecular flexibility index (Phi) is 3.03. The average molecular weight is 298 g/mol. The normalized spacial score (nSPS) is 17.6. The van der Waals surface area contributed by atoms with Gasteiger partial charge >= 0.3 is 0 Å². The number of nitro groups is 1. The van der Waals surface area contributed by atoms with Crippen LogP contribution in [0.25, 0.3) is 0 Å². The highest BCUT2D eigenvalue weighted by molar-refractivity contribution is 6.31. The Morgan fingerprint density at radius 2 is 1.57 bits per heavy atom. The van der Waals surface area contributed by atoms with Crippen LogP contribution in [0, 0.1) is 66.3 Å². The number of hydrogen-bond acceptors (Lipinski definition) is 6. The Bertz CT molecular complexity index is 755. The molecule has 1 aromatic carbocycles. The monoisotopic (exact) mass is 297 g/mol. The highest BCUT2D eigenvalue weighted by Gasteiger charge is 2.82. The van der Waals surface area contributed by atoms with Gasteiger partial charge in [0, 0.05) is 17.2 Å². The number of nitriles is 4. The van der Waals surface area contributed by atoms with Crippen molar-refractivity contribution in [2.24, 2.45) is 10.8 Å². The van der Waals surface area contributed by atoms with Gasteiger partial charge in [0.1, 0.15) is 0 Å². The van der Waals surface area contributed by atoms with Crippen LogP contribution in [0.1, 0.15) is 11.5 Å². The fourth-order valence-corrected chi connectivity index (χ4v) is 2.69. The first kappa shape index (κ1) is 14.3. The zero-order valence-corrected chi connectivity index (χ0v) is 11.0. The van der Waals surface area contributed by atoms with E-state index in [9.17, 15) is 31.2 Å². The summed E-state index contributed by atoms with van der Waals surface area (Å²) in [5.74, 6) is -1.11. The topological polar surface area (TPSA) is 138 Å². The highest BCUT2D eigenvalue weighted by Crippen LogP contribution is 2.74. The molecule has 0 atom stereocenters. The quantitative estimate of drug-likeness (QED) is 0.606. The molecule has 1 saturated carbocycles. The number of halogens is 1. The van der Waals surface area contributed by atoms with Gasteiger partial charge in [-0.25, -0.2) is 0 Å². The van der Waals surface area contributed by atoms with Gasteiger partial charge in [0.05, 0.1) is 35.1 Å². The Labute approximate surface area is 124 Å². The van der Waals surface area contributed by atoms with Crippen molar-refractivity contribution >= 4 is 17.3 Å². The molecule has 1 fully saturated rings. The number of hydrogen-bond donors (Lipinski definition) is 0. The van der Waals surface area contributed by atoms with Crippen molar-refractivity contribution in [2.45, 2.75) is 5.92 Å². The first-order valence-electron chi connectivity index (χ1n) is 5.53. The molecule has 1 aromatic rings. The molecule has 1 aliphatic rings. The number of non-ortho nitro benzene ring substituents is 1. The van der Waals surface area contributed by atoms with Crippen molar-refractivity contribution < 1.29 is 4.92 Å². The van der Waals surface area contributed by atoms with Gasteiger partial charge in [0.25, 0.3) is 5.69 Å². The van der Waals surface area contributed by atoms with Gasteiger partial charge in [-0.3, -0.25) is 10.1 Å². The number of nitrogens with zero attached hydrogens (tertiary/aromatic N) is 5. The van der Waals surface area contributed by atoms with Crippen LogP contribution in [-0.4, -0.2) is 4.92 Å². The predicted molar refractivity (Wildman–Crippen MR) is 68.2 cm³/mol. The number of nitro benzene ring substituents is 1. The van der Waals surface area contributed by atoms with E-state index >= 15 is 0 Å². The van der Waals surface area contributed by atoms with Crippen molar-refractivity contribution in [1.82, 2.24) is 0 Å². The van der Waals surface area contributed by atoms with Crippen molar-refractivity contribution in [3.63, 3.8) is 0 Å². The molecule has 0 radical (unpaired) electrons. The second-order valence-corrected chi connectivity index (χ2v) is 4.87. The SMILES string of the molecule is N#CC1(C#N)C(c2cc([N+](=O)[O-])ccc2Cl)C1(C#N)C#N. The third-order valence-electron chi connectivity index (χ3n) is 3.61. The molecule has 0 heterocycles. The molecule has 0 spiro atoms. The average Bonchev–Trinajstić information content (AvgIpc) is 3.10. The van der Waals surface area contributed by atoms with E-state index in [0.29, 0.717) is 0 Å². The summed E-state index contributed by atoms with van der Waals surface area (Å²) in [7, 11) is 0. The van der Waals surface area contributed by atoms with Gasteiger partial charge in [0.15, 0.2) is 10.8 Å². The molecule has 0 saturated heterocycles. The largest absolute Gasteiger partial charge is 0.269 e. The lowest BCUT2D eigenvalue weighted by Crippen LogP contribution is -2.05. The molecule has 0 unspecified atom stereocenters. The summed E-state index contributed by atoms with van der Waals surface area (Å²) in [6.07, 6.45) is 0. The lowest BCUT2D eigenvalue weighted by molar-refractivity contribution is -0.384. The maximum Gasteiger partial charge on any atom is 0.269 e. The van der Waals surface area contributed by atoms with Crippen LogP contribution in [-0.2, 0) is 0 Å². The zero-order valence-electron chi connectivity index (χ0n) is 10.2. The highest BCUT2D eigenvalue weighted by atomic mass is 35.5. The van der Waals surface area contributed by atoms with Crippen molar-refractivity contribution in [3.05, 3.63) is 38.9 Å². The summed E-state index contributed by atoms with van der Waals surface area (Å²) in [5, 5.41) is 47.7. The van der Waals surface area contributed by atoms with Gasteiger partial charge in [-0.05, 0) is 11.6 Å². The zero-order chi connectivity index (χ0) is 15.8. The molecule has 8 heteroatoms. The van der Waals surface area contributed by atoms with Gasteiger partial charge in [0.2, 0.25) is 0 Å². The summed E-state index contributed by atoms with van der Waals surface area (Å²) >= 11 is 5.96. The molecular weight excluding hydrogens is 294 g/mol. The molecule has 7 nitrogen and oxygen atoms in total. The number of rotatable bonds is 2. The van der Waals surface area contributed by atoms with Crippen LogP contribution in [0.3, 0.4) is 0 Å². The molecule has 0 aromatic heterocycles. The van der Waals surface area contributed by atoms with E-state index < -0.39 is 21.7 Å². The summed E-state index contributed by atoms with van der Waals surface area (Å²) in [6, 6.07) is 10.2. The van der Waals surface area contributed by atoms with E-state index in [1.54, 1.807) is 24.3 Å². The fourth-order valence-electron chi connectivity index (χ4n) is 2.47. The minimum atomic E-state index is -1.88. The van der Waals surface area contributed by atoms with E-state index in [1.807, 2.05) is 0 Å². The lowest BCUT2D eigenvalue weighted by Gasteiger charge is -2.03. The molecule has 0 N–H and O–H groups in total. The van der Waals surface area contributed by atoms with E-state index in [4.69, 9.17) is 11.6 Å². The van der Waals surface area contributed by atoms with Crippen molar-refractivity contribution in [2.75, 3.05) is 0 Å².